The number of anilines is 1. The Morgan fingerprint density at radius 1 is 0.968 bits per heavy atom. The molecule has 0 aliphatic carbocycles. The number of carbonyl (C=O) groups is 4. The summed E-state index contributed by atoms with van der Waals surface area (Å²) in [5.74, 6) is -1.84. The molecule has 0 fully saturated rings. The van der Waals surface area contributed by atoms with Crippen molar-refractivity contribution in [2.24, 2.45) is 0 Å². The van der Waals surface area contributed by atoms with E-state index in [1.54, 1.807) is 12.3 Å². The maximum absolute atomic E-state index is 12.5. The lowest BCUT2D eigenvalue weighted by Crippen LogP contribution is -2.21. The number of carbonyl (C=O) groups excluding carboxylic acids is 4. The highest BCUT2D eigenvalue weighted by molar-refractivity contribution is 7.15. The highest BCUT2D eigenvalue weighted by atomic mass is 32.1. The van der Waals surface area contributed by atoms with Crippen LogP contribution in [0.1, 0.15) is 38.0 Å². The maximum atomic E-state index is 12.5. The fraction of sp³-hybridized carbons (Fsp3) is 0.130. The van der Waals surface area contributed by atoms with Gasteiger partial charge in [0.15, 0.2) is 6.61 Å². The number of benzene rings is 2. The van der Waals surface area contributed by atoms with Crippen LogP contribution in [0.2, 0.25) is 0 Å². The van der Waals surface area contributed by atoms with Crippen molar-refractivity contribution in [1.82, 2.24) is 0 Å². The molecular formula is C23H19NO6S. The second-order valence-corrected chi connectivity index (χ2v) is 7.18. The van der Waals surface area contributed by atoms with E-state index < -0.39 is 24.5 Å². The molecular weight excluding hydrogens is 418 g/mol. The summed E-state index contributed by atoms with van der Waals surface area (Å²) >= 11 is 1.18. The van der Waals surface area contributed by atoms with Crippen LogP contribution < -0.4 is 5.32 Å². The molecule has 2 aromatic carbocycles. The van der Waals surface area contributed by atoms with Crippen molar-refractivity contribution in [3.05, 3.63) is 76.7 Å². The number of hydrogen-bond acceptors (Lipinski definition) is 7. The fourth-order valence-electron chi connectivity index (χ4n) is 2.76. The lowest BCUT2D eigenvalue weighted by molar-refractivity contribution is -0.119. The molecule has 3 aromatic rings. The summed E-state index contributed by atoms with van der Waals surface area (Å²) < 4.78 is 10.2. The summed E-state index contributed by atoms with van der Waals surface area (Å²) in [6.45, 7) is 1.36. The van der Waals surface area contributed by atoms with Crippen molar-refractivity contribution < 1.29 is 28.7 Å². The van der Waals surface area contributed by atoms with E-state index in [1.807, 2.05) is 30.3 Å². The van der Waals surface area contributed by atoms with Gasteiger partial charge in [-0.05, 0) is 24.6 Å². The number of thiophene rings is 1. The van der Waals surface area contributed by atoms with E-state index in [0.29, 0.717) is 22.4 Å². The number of hydrogen-bond donors (Lipinski definition) is 1. The van der Waals surface area contributed by atoms with Gasteiger partial charge >= 0.3 is 11.9 Å². The molecule has 1 aromatic heterocycles. The number of ether oxygens (including phenoxy) is 2. The van der Waals surface area contributed by atoms with Crippen molar-refractivity contribution in [1.29, 1.82) is 0 Å². The third-order valence-corrected chi connectivity index (χ3v) is 5.12. The van der Waals surface area contributed by atoms with E-state index in [4.69, 9.17) is 9.47 Å². The van der Waals surface area contributed by atoms with Gasteiger partial charge in [0.2, 0.25) is 0 Å². The Morgan fingerprint density at radius 2 is 1.68 bits per heavy atom. The van der Waals surface area contributed by atoms with E-state index in [9.17, 15) is 19.2 Å². The van der Waals surface area contributed by atoms with Crippen molar-refractivity contribution in [2.45, 2.75) is 6.92 Å². The van der Waals surface area contributed by atoms with Crippen molar-refractivity contribution in [2.75, 3.05) is 18.5 Å². The summed E-state index contributed by atoms with van der Waals surface area (Å²) in [5, 5.41) is 4.70. The van der Waals surface area contributed by atoms with Crippen molar-refractivity contribution in [3.8, 4) is 11.1 Å². The molecule has 0 bridgehead atoms. The molecule has 158 valence electrons. The molecule has 0 unspecified atom stereocenters. The first-order chi connectivity index (χ1) is 15.0. The van der Waals surface area contributed by atoms with Crippen LogP contribution in [0.25, 0.3) is 11.1 Å². The molecule has 0 spiro atoms. The first-order valence-corrected chi connectivity index (χ1v) is 10.3. The van der Waals surface area contributed by atoms with Crippen LogP contribution in [0.3, 0.4) is 0 Å². The summed E-state index contributed by atoms with van der Waals surface area (Å²) in [7, 11) is 0. The standard InChI is InChI=1S/C23H19NO6S/c1-2-29-23(28)20-18(16-6-4-3-5-7-16)14-31-21(20)24-19(26)13-30-22(27)17-10-8-15(12-25)9-11-17/h3-12,14H,2,13H2,1H3,(H,24,26). The zero-order chi connectivity index (χ0) is 22.2. The van der Waals surface area contributed by atoms with Crippen LogP contribution in [0.5, 0.6) is 0 Å². The van der Waals surface area contributed by atoms with Gasteiger partial charge in [-0.1, -0.05) is 42.5 Å². The summed E-state index contributed by atoms with van der Waals surface area (Å²) in [4.78, 5) is 47.6. The lowest BCUT2D eigenvalue weighted by atomic mass is 10.0. The predicted molar refractivity (Wildman–Crippen MR) is 116 cm³/mol. The van der Waals surface area contributed by atoms with Crippen LogP contribution in [0, 0.1) is 0 Å². The molecule has 0 saturated carbocycles. The zero-order valence-corrected chi connectivity index (χ0v) is 17.4. The Balaban J connectivity index is 1.71. The minimum atomic E-state index is -0.700. The molecule has 0 atom stereocenters. The molecule has 31 heavy (non-hydrogen) atoms. The molecule has 0 saturated heterocycles. The Hall–Kier alpha value is -3.78. The molecule has 1 amide bonds. The zero-order valence-electron chi connectivity index (χ0n) is 16.6. The van der Waals surface area contributed by atoms with Gasteiger partial charge in [-0.3, -0.25) is 9.59 Å². The average molecular weight is 437 g/mol. The van der Waals surface area contributed by atoms with Crippen molar-refractivity contribution >= 4 is 40.5 Å². The van der Waals surface area contributed by atoms with Gasteiger partial charge in [-0.25, -0.2) is 9.59 Å². The predicted octanol–water partition coefficient (Wildman–Crippen LogP) is 4.20. The molecule has 3 rings (SSSR count). The van der Waals surface area contributed by atoms with E-state index in [-0.39, 0.29) is 17.7 Å². The topological polar surface area (TPSA) is 98.8 Å². The Bertz CT molecular complexity index is 1090. The molecule has 0 radical (unpaired) electrons. The van der Waals surface area contributed by atoms with Gasteiger partial charge in [-0.2, -0.15) is 0 Å². The summed E-state index contributed by atoms with van der Waals surface area (Å²) in [6.07, 6.45) is 0.661. The van der Waals surface area contributed by atoms with Crippen LogP contribution in [-0.2, 0) is 14.3 Å². The Morgan fingerprint density at radius 3 is 2.32 bits per heavy atom. The van der Waals surface area contributed by atoms with Crippen LogP contribution in [-0.4, -0.2) is 37.3 Å². The van der Waals surface area contributed by atoms with E-state index >= 15 is 0 Å². The number of rotatable bonds is 8. The average Bonchev–Trinajstić information content (AvgIpc) is 3.21. The van der Waals surface area contributed by atoms with Crippen LogP contribution in [0.15, 0.2) is 60.0 Å². The van der Waals surface area contributed by atoms with Gasteiger partial charge in [0, 0.05) is 16.5 Å². The minimum absolute atomic E-state index is 0.191. The van der Waals surface area contributed by atoms with E-state index in [0.717, 1.165) is 5.56 Å². The molecule has 0 aliphatic heterocycles. The van der Waals surface area contributed by atoms with Gasteiger partial charge in [0.05, 0.1) is 12.2 Å². The van der Waals surface area contributed by atoms with E-state index in [2.05, 4.69) is 5.32 Å². The molecule has 1 N–H and O–H groups in total. The quantitative estimate of drug-likeness (QED) is 0.419. The maximum Gasteiger partial charge on any atom is 0.341 e. The SMILES string of the molecule is CCOC(=O)c1c(-c2ccccc2)csc1NC(=O)COC(=O)c1ccc(C=O)cc1. The van der Waals surface area contributed by atoms with Gasteiger partial charge < -0.3 is 14.8 Å². The Labute approximate surface area is 182 Å². The number of amides is 1. The van der Waals surface area contributed by atoms with E-state index in [1.165, 1.54) is 35.6 Å². The second kappa shape index (κ2) is 10.3. The minimum Gasteiger partial charge on any atom is -0.462 e. The molecule has 8 heteroatoms. The summed E-state index contributed by atoms with van der Waals surface area (Å²) in [6, 6.07) is 15.1. The normalized spacial score (nSPS) is 10.2. The molecule has 1 heterocycles. The van der Waals surface area contributed by atoms with Crippen LogP contribution >= 0.6 is 11.3 Å². The van der Waals surface area contributed by atoms with Gasteiger partial charge in [0.1, 0.15) is 16.9 Å². The summed E-state index contributed by atoms with van der Waals surface area (Å²) in [5.41, 5.74) is 2.35. The van der Waals surface area contributed by atoms with Gasteiger partial charge in [0.25, 0.3) is 5.91 Å². The monoisotopic (exact) mass is 437 g/mol. The highest BCUT2D eigenvalue weighted by Gasteiger charge is 2.23. The van der Waals surface area contributed by atoms with Crippen LogP contribution in [0.4, 0.5) is 5.00 Å². The number of nitrogens with one attached hydrogen (secondary N) is 1. The molecule has 0 aliphatic rings. The lowest BCUT2D eigenvalue weighted by Gasteiger charge is -2.09. The van der Waals surface area contributed by atoms with Crippen molar-refractivity contribution in [3.63, 3.8) is 0 Å². The number of aldehydes is 1. The molecule has 7 nitrogen and oxygen atoms in total. The largest absolute Gasteiger partial charge is 0.462 e. The fourth-order valence-corrected chi connectivity index (χ4v) is 3.73. The third kappa shape index (κ3) is 5.43. The van der Waals surface area contributed by atoms with Gasteiger partial charge in [-0.15, -0.1) is 11.3 Å². The third-order valence-electron chi connectivity index (χ3n) is 4.23. The first-order valence-electron chi connectivity index (χ1n) is 9.39. The smallest absolute Gasteiger partial charge is 0.341 e. The number of esters is 2. The first kappa shape index (κ1) is 21.9. The Kier molecular flexibility index (Phi) is 7.29. The second-order valence-electron chi connectivity index (χ2n) is 6.30. The highest BCUT2D eigenvalue weighted by Crippen LogP contribution is 2.36.